The zero-order valence-corrected chi connectivity index (χ0v) is 13.7. The van der Waals surface area contributed by atoms with Crippen LogP contribution in [0.5, 0.6) is 11.5 Å². The van der Waals surface area contributed by atoms with E-state index < -0.39 is 17.4 Å². The fourth-order valence-electron chi connectivity index (χ4n) is 2.95. The number of hydrogen-bond donors (Lipinski definition) is 1. The van der Waals surface area contributed by atoms with Gasteiger partial charge in [0.15, 0.2) is 22.7 Å². The first-order valence-corrected chi connectivity index (χ1v) is 7.66. The van der Waals surface area contributed by atoms with Crippen molar-refractivity contribution in [3.05, 3.63) is 50.9 Å². The third kappa shape index (κ3) is 2.31. The monoisotopic (exact) mass is 344 g/mol. The van der Waals surface area contributed by atoms with Gasteiger partial charge in [-0.1, -0.05) is 6.07 Å². The summed E-state index contributed by atoms with van der Waals surface area (Å²) in [6.45, 7) is 0.273. The lowest BCUT2D eigenvalue weighted by atomic mass is 10.1. The molecule has 0 saturated carbocycles. The molecule has 1 aromatic carbocycles. The molecule has 1 unspecified atom stereocenters. The van der Waals surface area contributed by atoms with Crippen LogP contribution in [0.4, 0.5) is 0 Å². The SMILES string of the molecule is Cn1c(=O)c2c(ncn2CC(O)c2ccc3c(c2)OCO3)n(C)c1=O. The van der Waals surface area contributed by atoms with E-state index in [1.807, 2.05) is 0 Å². The minimum absolute atomic E-state index is 0.115. The van der Waals surface area contributed by atoms with E-state index in [9.17, 15) is 14.7 Å². The maximum atomic E-state index is 12.4. The summed E-state index contributed by atoms with van der Waals surface area (Å²) in [4.78, 5) is 28.5. The summed E-state index contributed by atoms with van der Waals surface area (Å²) >= 11 is 0. The number of aryl methyl sites for hydroxylation is 1. The molecule has 0 fully saturated rings. The lowest BCUT2D eigenvalue weighted by Gasteiger charge is -2.13. The number of aliphatic hydroxyl groups excluding tert-OH is 1. The average molecular weight is 344 g/mol. The third-order valence-corrected chi connectivity index (χ3v) is 4.37. The largest absolute Gasteiger partial charge is 0.454 e. The van der Waals surface area contributed by atoms with Crippen molar-refractivity contribution in [3.63, 3.8) is 0 Å². The van der Waals surface area contributed by atoms with Crippen molar-refractivity contribution < 1.29 is 14.6 Å². The van der Waals surface area contributed by atoms with Crippen LogP contribution in [0.3, 0.4) is 0 Å². The van der Waals surface area contributed by atoms with Crippen LogP contribution < -0.4 is 20.7 Å². The van der Waals surface area contributed by atoms with Gasteiger partial charge in [0.25, 0.3) is 5.56 Å². The maximum Gasteiger partial charge on any atom is 0.332 e. The molecule has 1 N–H and O–H groups in total. The molecule has 9 heteroatoms. The molecule has 1 aliphatic heterocycles. The first kappa shape index (κ1) is 15.5. The Morgan fingerprint density at radius 1 is 1.20 bits per heavy atom. The van der Waals surface area contributed by atoms with Crippen molar-refractivity contribution in [2.45, 2.75) is 12.6 Å². The molecule has 25 heavy (non-hydrogen) atoms. The van der Waals surface area contributed by atoms with Crippen LogP contribution in [0.25, 0.3) is 11.2 Å². The smallest absolute Gasteiger partial charge is 0.332 e. The van der Waals surface area contributed by atoms with Crippen LogP contribution in [0.15, 0.2) is 34.1 Å². The van der Waals surface area contributed by atoms with Crippen molar-refractivity contribution in [1.29, 1.82) is 0 Å². The van der Waals surface area contributed by atoms with Crippen LogP contribution in [0.1, 0.15) is 11.7 Å². The molecule has 0 saturated heterocycles. The minimum Gasteiger partial charge on any atom is -0.454 e. The van der Waals surface area contributed by atoms with Gasteiger partial charge in [0.05, 0.1) is 19.0 Å². The van der Waals surface area contributed by atoms with E-state index in [1.54, 1.807) is 29.8 Å². The van der Waals surface area contributed by atoms with Gasteiger partial charge < -0.3 is 19.1 Å². The Morgan fingerprint density at radius 2 is 1.96 bits per heavy atom. The van der Waals surface area contributed by atoms with Gasteiger partial charge in [-0.25, -0.2) is 9.78 Å². The van der Waals surface area contributed by atoms with Crippen molar-refractivity contribution in [3.8, 4) is 11.5 Å². The van der Waals surface area contributed by atoms with Crippen LogP contribution in [0.2, 0.25) is 0 Å². The summed E-state index contributed by atoms with van der Waals surface area (Å²) in [5.41, 5.74) is 0.288. The zero-order valence-electron chi connectivity index (χ0n) is 13.7. The maximum absolute atomic E-state index is 12.4. The number of aromatic nitrogens is 4. The first-order chi connectivity index (χ1) is 12.0. The van der Waals surface area contributed by atoms with Crippen LogP contribution in [0, 0.1) is 0 Å². The second-order valence-electron chi connectivity index (χ2n) is 5.90. The van der Waals surface area contributed by atoms with Gasteiger partial charge in [-0.3, -0.25) is 13.9 Å². The Bertz CT molecular complexity index is 1090. The second kappa shape index (κ2) is 5.49. The van der Waals surface area contributed by atoms with Crippen LogP contribution >= 0.6 is 0 Å². The molecule has 0 aliphatic carbocycles. The molecular formula is C16H16N4O5. The van der Waals surface area contributed by atoms with Gasteiger partial charge in [-0.2, -0.15) is 0 Å². The van der Waals surface area contributed by atoms with Crippen LogP contribution in [-0.2, 0) is 20.6 Å². The van der Waals surface area contributed by atoms with E-state index in [2.05, 4.69) is 4.98 Å². The number of nitrogens with zero attached hydrogens (tertiary/aromatic N) is 4. The molecule has 2 aromatic heterocycles. The highest BCUT2D eigenvalue weighted by Gasteiger charge is 2.19. The summed E-state index contributed by atoms with van der Waals surface area (Å²) in [6.07, 6.45) is 0.565. The molecule has 130 valence electrons. The predicted octanol–water partition coefficient (Wildman–Crippen LogP) is -0.104. The number of ether oxygens (including phenoxy) is 2. The second-order valence-corrected chi connectivity index (χ2v) is 5.90. The topological polar surface area (TPSA) is 101 Å². The summed E-state index contributed by atoms with van der Waals surface area (Å²) in [6, 6.07) is 5.18. The molecule has 0 amide bonds. The van der Waals surface area contributed by atoms with Crippen molar-refractivity contribution in [1.82, 2.24) is 18.7 Å². The van der Waals surface area contributed by atoms with E-state index >= 15 is 0 Å². The molecule has 3 heterocycles. The first-order valence-electron chi connectivity index (χ1n) is 7.66. The van der Waals surface area contributed by atoms with E-state index in [1.165, 1.54) is 17.9 Å². The number of imidazole rings is 1. The number of aliphatic hydroxyl groups is 1. The summed E-state index contributed by atoms with van der Waals surface area (Å²) < 4.78 is 14.4. The summed E-state index contributed by atoms with van der Waals surface area (Å²) in [5.74, 6) is 1.21. The highest BCUT2D eigenvalue weighted by atomic mass is 16.7. The Morgan fingerprint density at radius 3 is 2.76 bits per heavy atom. The molecular weight excluding hydrogens is 328 g/mol. The molecule has 0 radical (unpaired) electrons. The normalized spacial score (nSPS) is 14.2. The zero-order chi connectivity index (χ0) is 17.7. The molecule has 3 aromatic rings. The van der Waals surface area contributed by atoms with E-state index in [-0.39, 0.29) is 24.5 Å². The van der Waals surface area contributed by atoms with Crippen molar-refractivity contribution >= 4 is 11.2 Å². The molecule has 9 nitrogen and oxygen atoms in total. The minimum atomic E-state index is -0.881. The van der Waals surface area contributed by atoms with Gasteiger partial charge in [0, 0.05) is 14.1 Å². The summed E-state index contributed by atoms with van der Waals surface area (Å²) in [7, 11) is 2.96. The molecule has 0 bridgehead atoms. The Balaban J connectivity index is 1.74. The quantitative estimate of drug-likeness (QED) is 0.712. The third-order valence-electron chi connectivity index (χ3n) is 4.37. The van der Waals surface area contributed by atoms with Gasteiger partial charge >= 0.3 is 5.69 Å². The number of fused-ring (bicyclic) bond motifs is 2. The number of benzene rings is 1. The Hall–Kier alpha value is -3.07. The molecule has 1 aliphatic rings. The highest BCUT2D eigenvalue weighted by molar-refractivity contribution is 5.69. The van der Waals surface area contributed by atoms with Gasteiger partial charge in [0.1, 0.15) is 0 Å². The highest BCUT2D eigenvalue weighted by Crippen LogP contribution is 2.34. The van der Waals surface area contributed by atoms with Gasteiger partial charge in [-0.05, 0) is 17.7 Å². The molecule has 1 atom stereocenters. The fraction of sp³-hybridized carbons (Fsp3) is 0.312. The lowest BCUT2D eigenvalue weighted by molar-refractivity contribution is 0.157. The number of rotatable bonds is 3. The van der Waals surface area contributed by atoms with Crippen LogP contribution in [-0.4, -0.2) is 30.6 Å². The van der Waals surface area contributed by atoms with Crippen molar-refractivity contribution in [2.75, 3.05) is 6.79 Å². The summed E-state index contributed by atoms with van der Waals surface area (Å²) in [5, 5.41) is 10.5. The van der Waals surface area contributed by atoms with Gasteiger partial charge in [0.2, 0.25) is 6.79 Å². The molecule has 0 spiro atoms. The average Bonchev–Trinajstić information content (AvgIpc) is 3.24. The van der Waals surface area contributed by atoms with E-state index in [4.69, 9.17) is 9.47 Å². The molecule has 4 rings (SSSR count). The fourth-order valence-corrected chi connectivity index (χ4v) is 2.95. The van der Waals surface area contributed by atoms with E-state index in [0.29, 0.717) is 17.1 Å². The van der Waals surface area contributed by atoms with Crippen molar-refractivity contribution in [2.24, 2.45) is 14.1 Å². The Labute approximate surface area is 141 Å². The Kier molecular flexibility index (Phi) is 3.39. The lowest BCUT2D eigenvalue weighted by Crippen LogP contribution is -2.37. The van der Waals surface area contributed by atoms with Gasteiger partial charge in [-0.15, -0.1) is 0 Å². The predicted molar refractivity (Wildman–Crippen MR) is 87.7 cm³/mol. The standard InChI is InChI=1S/C16H16N4O5/c1-18-14-13(15(22)19(2)16(18)23)20(7-17-14)6-10(21)9-3-4-11-12(5-9)25-8-24-11/h3-5,7,10,21H,6,8H2,1-2H3. The number of hydrogen-bond acceptors (Lipinski definition) is 6. The van der Waals surface area contributed by atoms with E-state index in [0.717, 1.165) is 4.57 Å².